The fourth-order valence-corrected chi connectivity index (χ4v) is 2.51. The van der Waals surface area contributed by atoms with Crippen LogP contribution in [-0.4, -0.2) is 51.4 Å². The van der Waals surface area contributed by atoms with Crippen LogP contribution in [0.1, 0.15) is 17.4 Å². The molecule has 1 saturated heterocycles. The van der Waals surface area contributed by atoms with E-state index in [0.29, 0.717) is 6.54 Å². The van der Waals surface area contributed by atoms with Crippen LogP contribution in [0.4, 0.5) is 0 Å². The fraction of sp³-hybridized carbons (Fsp3) is 0.333. The van der Waals surface area contributed by atoms with E-state index in [1.54, 1.807) is 4.90 Å². The third-order valence-electron chi connectivity index (χ3n) is 3.68. The molecule has 0 radical (unpaired) electrons. The van der Waals surface area contributed by atoms with E-state index in [-0.39, 0.29) is 23.4 Å². The van der Waals surface area contributed by atoms with E-state index in [9.17, 15) is 9.90 Å². The van der Waals surface area contributed by atoms with Gasteiger partial charge in [-0.25, -0.2) is 4.68 Å². The first-order chi connectivity index (χ1) is 10.2. The Balaban J connectivity index is 1.89. The maximum Gasteiger partial charge on any atom is 0.278 e. The van der Waals surface area contributed by atoms with Gasteiger partial charge < -0.3 is 15.3 Å². The molecule has 1 aliphatic heterocycles. The Morgan fingerprint density at radius 1 is 1.38 bits per heavy atom. The first kappa shape index (κ1) is 13.6. The normalized spacial score (nSPS) is 18.7. The van der Waals surface area contributed by atoms with E-state index >= 15 is 0 Å². The van der Waals surface area contributed by atoms with Crippen LogP contribution >= 0.6 is 0 Å². The molecule has 6 nitrogen and oxygen atoms in total. The number of nitrogens with one attached hydrogen (secondary N) is 1. The van der Waals surface area contributed by atoms with E-state index in [4.69, 9.17) is 0 Å². The number of hydrogen-bond donors (Lipinski definition) is 2. The predicted octanol–water partition coefficient (Wildman–Crippen LogP) is 1.01. The zero-order valence-corrected chi connectivity index (χ0v) is 11.9. The molecule has 1 atom stereocenters. The summed E-state index contributed by atoms with van der Waals surface area (Å²) in [5.41, 5.74) is 0.910. The second-order valence-corrected chi connectivity index (χ2v) is 5.19. The third-order valence-corrected chi connectivity index (χ3v) is 3.68. The lowest BCUT2D eigenvalue weighted by Gasteiger charge is -2.33. The first-order valence-electron chi connectivity index (χ1n) is 7.02. The van der Waals surface area contributed by atoms with Gasteiger partial charge in [0.2, 0.25) is 0 Å². The molecule has 1 aromatic heterocycles. The van der Waals surface area contributed by atoms with Crippen LogP contribution in [0.3, 0.4) is 0 Å². The molecular weight excluding hydrogens is 268 g/mol. The second-order valence-electron chi connectivity index (χ2n) is 5.19. The quantitative estimate of drug-likeness (QED) is 0.864. The molecule has 1 amide bonds. The molecule has 1 unspecified atom stereocenters. The molecule has 3 rings (SSSR count). The summed E-state index contributed by atoms with van der Waals surface area (Å²) < 4.78 is 1.52. The Kier molecular flexibility index (Phi) is 3.62. The molecule has 0 spiro atoms. The van der Waals surface area contributed by atoms with Crippen LogP contribution < -0.4 is 5.32 Å². The van der Waals surface area contributed by atoms with Gasteiger partial charge in [-0.2, -0.15) is 5.10 Å². The number of nitrogens with zero attached hydrogens (tertiary/aromatic N) is 3. The van der Waals surface area contributed by atoms with Crippen molar-refractivity contribution < 1.29 is 9.90 Å². The smallest absolute Gasteiger partial charge is 0.278 e. The molecule has 1 fully saturated rings. The van der Waals surface area contributed by atoms with Gasteiger partial charge in [-0.15, -0.1) is 0 Å². The SMILES string of the molecule is CC1CNCCN1C(=O)c1nn(-c2ccccc2)cc1O. The average molecular weight is 286 g/mol. The second kappa shape index (κ2) is 5.57. The van der Waals surface area contributed by atoms with Gasteiger partial charge >= 0.3 is 0 Å². The van der Waals surface area contributed by atoms with Crippen molar-refractivity contribution in [3.8, 4) is 11.4 Å². The van der Waals surface area contributed by atoms with Crippen LogP contribution in [0.15, 0.2) is 36.5 Å². The number of aromatic hydroxyl groups is 1. The molecule has 1 aromatic carbocycles. The maximum atomic E-state index is 12.5. The van der Waals surface area contributed by atoms with Gasteiger partial charge in [0.1, 0.15) is 0 Å². The van der Waals surface area contributed by atoms with Gasteiger partial charge in [-0.3, -0.25) is 4.79 Å². The standard InChI is InChI=1S/C15H18N4O2/c1-11-9-16-7-8-18(11)15(21)14-13(20)10-19(17-14)12-5-3-2-4-6-12/h2-6,10-11,16,20H,7-9H2,1H3. The Bertz CT molecular complexity index is 638. The lowest BCUT2D eigenvalue weighted by atomic mass is 10.2. The van der Waals surface area contributed by atoms with E-state index < -0.39 is 0 Å². The largest absolute Gasteiger partial charge is 0.504 e. The number of carbonyl (C=O) groups is 1. The van der Waals surface area contributed by atoms with Crippen LogP contribution in [0.5, 0.6) is 5.75 Å². The Hall–Kier alpha value is -2.34. The summed E-state index contributed by atoms with van der Waals surface area (Å²) in [5.74, 6) is -0.314. The highest BCUT2D eigenvalue weighted by atomic mass is 16.3. The summed E-state index contributed by atoms with van der Waals surface area (Å²) in [7, 11) is 0. The molecule has 2 aromatic rings. The molecule has 21 heavy (non-hydrogen) atoms. The average Bonchev–Trinajstić information content (AvgIpc) is 2.90. The number of carbonyl (C=O) groups excluding carboxylic acids is 1. The lowest BCUT2D eigenvalue weighted by molar-refractivity contribution is 0.0646. The van der Waals surface area contributed by atoms with Gasteiger partial charge in [0.05, 0.1) is 11.9 Å². The van der Waals surface area contributed by atoms with Crippen LogP contribution in [0, 0.1) is 0 Å². The molecule has 0 bridgehead atoms. The minimum atomic E-state index is -0.226. The number of para-hydroxylation sites is 1. The van der Waals surface area contributed by atoms with E-state index in [0.717, 1.165) is 18.8 Å². The Labute approximate surface area is 123 Å². The van der Waals surface area contributed by atoms with Crippen molar-refractivity contribution in [1.29, 1.82) is 0 Å². The lowest BCUT2D eigenvalue weighted by Crippen LogP contribution is -2.52. The number of piperazine rings is 1. The molecule has 1 aliphatic rings. The van der Waals surface area contributed by atoms with Gasteiger partial charge in [-0.1, -0.05) is 18.2 Å². The van der Waals surface area contributed by atoms with Gasteiger partial charge in [-0.05, 0) is 19.1 Å². The zero-order chi connectivity index (χ0) is 14.8. The number of rotatable bonds is 2. The summed E-state index contributed by atoms with van der Waals surface area (Å²) in [6.45, 7) is 4.12. The number of amides is 1. The Morgan fingerprint density at radius 2 is 2.14 bits per heavy atom. The molecule has 6 heteroatoms. The van der Waals surface area contributed by atoms with Crippen molar-refractivity contribution in [3.05, 3.63) is 42.2 Å². The summed E-state index contributed by atoms with van der Waals surface area (Å²) in [6.07, 6.45) is 1.47. The molecular formula is C15H18N4O2. The molecule has 0 aliphatic carbocycles. The van der Waals surface area contributed by atoms with Crippen molar-refractivity contribution >= 4 is 5.91 Å². The number of benzene rings is 1. The van der Waals surface area contributed by atoms with Crippen molar-refractivity contribution in [3.63, 3.8) is 0 Å². The van der Waals surface area contributed by atoms with Gasteiger partial charge in [0.25, 0.3) is 5.91 Å². The van der Waals surface area contributed by atoms with Gasteiger partial charge in [0.15, 0.2) is 11.4 Å². The fourth-order valence-electron chi connectivity index (χ4n) is 2.51. The van der Waals surface area contributed by atoms with Crippen LogP contribution in [-0.2, 0) is 0 Å². The van der Waals surface area contributed by atoms with E-state index in [2.05, 4.69) is 10.4 Å². The highest BCUT2D eigenvalue weighted by Gasteiger charge is 2.28. The minimum absolute atomic E-state index is 0.0883. The molecule has 110 valence electrons. The molecule has 2 heterocycles. The first-order valence-corrected chi connectivity index (χ1v) is 7.02. The van der Waals surface area contributed by atoms with Gasteiger partial charge in [0, 0.05) is 25.7 Å². The summed E-state index contributed by atoms with van der Waals surface area (Å²) in [4.78, 5) is 14.3. The number of hydrogen-bond acceptors (Lipinski definition) is 4. The van der Waals surface area contributed by atoms with E-state index in [1.807, 2.05) is 37.3 Å². The predicted molar refractivity (Wildman–Crippen MR) is 78.6 cm³/mol. The van der Waals surface area contributed by atoms with Crippen molar-refractivity contribution in [2.75, 3.05) is 19.6 Å². The molecule has 0 saturated carbocycles. The Morgan fingerprint density at radius 3 is 2.86 bits per heavy atom. The monoisotopic (exact) mass is 286 g/mol. The molecule has 2 N–H and O–H groups in total. The highest BCUT2D eigenvalue weighted by molar-refractivity contribution is 5.95. The number of aromatic nitrogens is 2. The summed E-state index contributed by atoms with van der Waals surface area (Å²) in [5, 5.41) is 17.5. The van der Waals surface area contributed by atoms with Crippen LogP contribution in [0.2, 0.25) is 0 Å². The van der Waals surface area contributed by atoms with Crippen molar-refractivity contribution in [1.82, 2.24) is 20.0 Å². The van der Waals surface area contributed by atoms with Crippen molar-refractivity contribution in [2.24, 2.45) is 0 Å². The van der Waals surface area contributed by atoms with Crippen LogP contribution in [0.25, 0.3) is 5.69 Å². The maximum absolute atomic E-state index is 12.5. The topological polar surface area (TPSA) is 70.4 Å². The summed E-state index contributed by atoms with van der Waals surface area (Å²) in [6, 6.07) is 9.50. The van der Waals surface area contributed by atoms with E-state index in [1.165, 1.54) is 10.9 Å². The van der Waals surface area contributed by atoms with Crippen molar-refractivity contribution in [2.45, 2.75) is 13.0 Å². The minimum Gasteiger partial charge on any atom is -0.504 e. The third kappa shape index (κ3) is 2.62. The zero-order valence-electron chi connectivity index (χ0n) is 11.9. The summed E-state index contributed by atoms with van der Waals surface area (Å²) >= 11 is 0. The highest BCUT2D eigenvalue weighted by Crippen LogP contribution is 2.21.